The molecule has 5 heteroatoms. The fourth-order valence-electron chi connectivity index (χ4n) is 3.66. The second-order valence-electron chi connectivity index (χ2n) is 6.47. The molecule has 130 valence electrons. The largest absolute Gasteiger partial charge is 0.478 e. The molecular weight excluding hydrogens is 302 g/mol. The molecule has 1 aliphatic heterocycles. The molecule has 0 aliphatic carbocycles. The third-order valence-electron chi connectivity index (χ3n) is 5.01. The van der Waals surface area contributed by atoms with Crippen molar-refractivity contribution >= 4 is 16.9 Å². The van der Waals surface area contributed by atoms with E-state index in [1.54, 1.807) is 0 Å². The number of hydrogen-bond donors (Lipinski definition) is 2. The Morgan fingerprint density at radius 3 is 2.58 bits per heavy atom. The molecule has 1 saturated heterocycles. The van der Waals surface area contributed by atoms with E-state index in [9.17, 15) is 9.90 Å². The van der Waals surface area contributed by atoms with Crippen molar-refractivity contribution in [3.8, 4) is 0 Å². The van der Waals surface area contributed by atoms with Crippen LogP contribution in [0.2, 0.25) is 0 Å². The molecule has 0 saturated carbocycles. The summed E-state index contributed by atoms with van der Waals surface area (Å²) in [5.41, 5.74) is 4.00. The number of rotatable bonds is 6. The Kier molecular flexibility index (Phi) is 5.21. The number of piperazine rings is 1. The minimum absolute atomic E-state index is 0.400. The van der Waals surface area contributed by atoms with Gasteiger partial charge in [0.15, 0.2) is 0 Å². The van der Waals surface area contributed by atoms with Crippen LogP contribution in [0.5, 0.6) is 0 Å². The molecule has 3 rings (SSSR count). The standard InChI is InChI=1S/C19H27N3O2/c1-3-14-11-16(19(23)24)12-17-15(13-22(4-2)18(14)17)5-8-21-9-6-20-7-10-21/h11-13,20H,3-10H2,1-2H3,(H,23,24). The smallest absolute Gasteiger partial charge is 0.335 e. The summed E-state index contributed by atoms with van der Waals surface area (Å²) >= 11 is 0. The van der Waals surface area contributed by atoms with E-state index < -0.39 is 5.97 Å². The van der Waals surface area contributed by atoms with Gasteiger partial charge in [0.1, 0.15) is 0 Å². The number of fused-ring (bicyclic) bond motifs is 1. The van der Waals surface area contributed by atoms with Crippen molar-refractivity contribution in [2.45, 2.75) is 33.2 Å². The number of nitrogens with one attached hydrogen (secondary N) is 1. The van der Waals surface area contributed by atoms with E-state index in [4.69, 9.17) is 0 Å². The average molecular weight is 329 g/mol. The number of aromatic carboxylic acids is 1. The molecule has 1 fully saturated rings. The van der Waals surface area contributed by atoms with Crippen molar-refractivity contribution in [1.29, 1.82) is 0 Å². The van der Waals surface area contributed by atoms with Crippen LogP contribution in [0.25, 0.3) is 10.9 Å². The lowest BCUT2D eigenvalue weighted by Gasteiger charge is -2.26. The van der Waals surface area contributed by atoms with Crippen LogP contribution >= 0.6 is 0 Å². The number of nitrogens with zero attached hydrogens (tertiary/aromatic N) is 2. The number of carboxylic acid groups (broad SMARTS) is 1. The van der Waals surface area contributed by atoms with E-state index in [-0.39, 0.29) is 0 Å². The van der Waals surface area contributed by atoms with Crippen LogP contribution in [0.15, 0.2) is 18.3 Å². The maximum Gasteiger partial charge on any atom is 0.335 e. The molecule has 1 aliphatic rings. The summed E-state index contributed by atoms with van der Waals surface area (Å²) in [6.45, 7) is 10.5. The Balaban J connectivity index is 1.96. The van der Waals surface area contributed by atoms with E-state index >= 15 is 0 Å². The normalized spacial score (nSPS) is 15.9. The van der Waals surface area contributed by atoms with Crippen molar-refractivity contribution in [2.75, 3.05) is 32.7 Å². The molecule has 24 heavy (non-hydrogen) atoms. The molecule has 1 aromatic carbocycles. The first-order chi connectivity index (χ1) is 11.6. The molecule has 2 aromatic rings. The number of aryl methyl sites for hydroxylation is 2. The zero-order chi connectivity index (χ0) is 17.1. The molecule has 0 amide bonds. The van der Waals surface area contributed by atoms with Crippen LogP contribution in [0.4, 0.5) is 0 Å². The third-order valence-corrected chi connectivity index (χ3v) is 5.01. The van der Waals surface area contributed by atoms with Gasteiger partial charge in [-0.05, 0) is 43.0 Å². The maximum absolute atomic E-state index is 11.5. The highest BCUT2D eigenvalue weighted by Gasteiger charge is 2.16. The van der Waals surface area contributed by atoms with Gasteiger partial charge in [-0.15, -0.1) is 0 Å². The highest BCUT2D eigenvalue weighted by molar-refractivity contribution is 5.96. The molecule has 0 bridgehead atoms. The Morgan fingerprint density at radius 2 is 1.96 bits per heavy atom. The van der Waals surface area contributed by atoms with Crippen molar-refractivity contribution in [3.05, 3.63) is 35.0 Å². The maximum atomic E-state index is 11.5. The number of carboxylic acids is 1. The first kappa shape index (κ1) is 17.0. The second-order valence-corrected chi connectivity index (χ2v) is 6.47. The van der Waals surface area contributed by atoms with Gasteiger partial charge in [-0.25, -0.2) is 4.79 Å². The van der Waals surface area contributed by atoms with Crippen molar-refractivity contribution in [1.82, 2.24) is 14.8 Å². The van der Waals surface area contributed by atoms with Gasteiger partial charge in [0.25, 0.3) is 0 Å². The number of carbonyl (C=O) groups is 1. The number of benzene rings is 1. The molecule has 0 atom stereocenters. The lowest BCUT2D eigenvalue weighted by atomic mass is 10.0. The highest BCUT2D eigenvalue weighted by atomic mass is 16.4. The molecule has 2 N–H and O–H groups in total. The quantitative estimate of drug-likeness (QED) is 0.854. The Morgan fingerprint density at radius 1 is 1.21 bits per heavy atom. The third kappa shape index (κ3) is 3.32. The summed E-state index contributed by atoms with van der Waals surface area (Å²) < 4.78 is 2.27. The Hall–Kier alpha value is -1.85. The van der Waals surface area contributed by atoms with E-state index in [1.807, 2.05) is 12.1 Å². The van der Waals surface area contributed by atoms with E-state index in [1.165, 1.54) is 11.1 Å². The summed E-state index contributed by atoms with van der Waals surface area (Å²) in [4.78, 5) is 14.0. The fraction of sp³-hybridized carbons (Fsp3) is 0.526. The molecule has 5 nitrogen and oxygen atoms in total. The summed E-state index contributed by atoms with van der Waals surface area (Å²) in [5.74, 6) is -0.844. The molecule has 0 radical (unpaired) electrons. The first-order valence-electron chi connectivity index (χ1n) is 8.95. The van der Waals surface area contributed by atoms with Crippen LogP contribution < -0.4 is 5.32 Å². The van der Waals surface area contributed by atoms with E-state index in [0.717, 1.165) is 63.1 Å². The highest BCUT2D eigenvalue weighted by Crippen LogP contribution is 2.28. The minimum atomic E-state index is -0.844. The fourth-order valence-corrected chi connectivity index (χ4v) is 3.66. The van der Waals surface area contributed by atoms with Gasteiger partial charge >= 0.3 is 5.97 Å². The lowest BCUT2D eigenvalue weighted by molar-refractivity contribution is 0.0697. The zero-order valence-corrected chi connectivity index (χ0v) is 14.6. The van der Waals surface area contributed by atoms with Crippen molar-refractivity contribution in [2.24, 2.45) is 0 Å². The summed E-state index contributed by atoms with van der Waals surface area (Å²) in [7, 11) is 0. The molecule has 2 heterocycles. The van der Waals surface area contributed by atoms with Gasteiger partial charge in [0, 0.05) is 50.9 Å². The Labute approximate surface area is 143 Å². The molecule has 0 unspecified atom stereocenters. The number of hydrogen-bond acceptors (Lipinski definition) is 3. The Bertz CT molecular complexity index is 730. The SMILES string of the molecule is CCc1cc(C(=O)O)cc2c(CCN3CCNCC3)cn(CC)c12. The minimum Gasteiger partial charge on any atom is -0.478 e. The first-order valence-corrected chi connectivity index (χ1v) is 8.95. The second kappa shape index (κ2) is 7.36. The summed E-state index contributed by atoms with van der Waals surface area (Å²) in [5, 5.41) is 13.9. The van der Waals surface area contributed by atoms with E-state index in [0.29, 0.717) is 5.56 Å². The monoisotopic (exact) mass is 329 g/mol. The average Bonchev–Trinajstić information content (AvgIpc) is 2.98. The van der Waals surface area contributed by atoms with Crippen molar-refractivity contribution < 1.29 is 9.90 Å². The van der Waals surface area contributed by atoms with Crippen LogP contribution in [-0.2, 0) is 19.4 Å². The van der Waals surface area contributed by atoms with Crippen LogP contribution in [0, 0.1) is 0 Å². The lowest BCUT2D eigenvalue weighted by Crippen LogP contribution is -2.44. The van der Waals surface area contributed by atoms with Gasteiger partial charge in [-0.2, -0.15) is 0 Å². The predicted octanol–water partition coefficient (Wildman–Crippen LogP) is 2.37. The molecule has 1 aromatic heterocycles. The van der Waals surface area contributed by atoms with Crippen LogP contribution in [0.1, 0.15) is 35.3 Å². The van der Waals surface area contributed by atoms with Crippen LogP contribution in [-0.4, -0.2) is 53.3 Å². The summed E-state index contributed by atoms with van der Waals surface area (Å²) in [6, 6.07) is 3.69. The topological polar surface area (TPSA) is 57.5 Å². The van der Waals surface area contributed by atoms with Gasteiger partial charge in [-0.3, -0.25) is 0 Å². The summed E-state index contributed by atoms with van der Waals surface area (Å²) in [6.07, 6.45) is 4.03. The zero-order valence-electron chi connectivity index (χ0n) is 14.6. The van der Waals surface area contributed by atoms with E-state index in [2.05, 4.69) is 34.8 Å². The van der Waals surface area contributed by atoms with Gasteiger partial charge in [-0.1, -0.05) is 6.92 Å². The van der Waals surface area contributed by atoms with Crippen molar-refractivity contribution in [3.63, 3.8) is 0 Å². The van der Waals surface area contributed by atoms with Gasteiger partial charge < -0.3 is 19.9 Å². The molecular formula is C19H27N3O2. The van der Waals surface area contributed by atoms with Crippen LogP contribution in [0.3, 0.4) is 0 Å². The molecule has 0 spiro atoms. The van der Waals surface area contributed by atoms with Gasteiger partial charge in [0.05, 0.1) is 11.1 Å². The number of aromatic nitrogens is 1. The van der Waals surface area contributed by atoms with Gasteiger partial charge in [0.2, 0.25) is 0 Å². The predicted molar refractivity (Wildman–Crippen MR) is 97.0 cm³/mol.